The van der Waals surface area contributed by atoms with Crippen molar-refractivity contribution < 1.29 is 24.5 Å². The Morgan fingerprint density at radius 3 is 1.52 bits per heavy atom. The molecule has 0 aliphatic rings. The predicted octanol–water partition coefficient (Wildman–Crippen LogP) is 5.26. The van der Waals surface area contributed by atoms with Crippen molar-refractivity contribution in [2.45, 2.75) is 105 Å². The summed E-state index contributed by atoms with van der Waals surface area (Å²) in [6.45, 7) is 10.5. The van der Waals surface area contributed by atoms with E-state index in [9.17, 15) is 4.79 Å². The number of hydrogen-bond acceptors (Lipinski definition) is 5. The maximum atomic E-state index is 11.4. The van der Waals surface area contributed by atoms with E-state index < -0.39 is 0 Å². The van der Waals surface area contributed by atoms with Crippen molar-refractivity contribution in [3.63, 3.8) is 0 Å². The minimum atomic E-state index is -0.125. The second kappa shape index (κ2) is 33.0. The van der Waals surface area contributed by atoms with Gasteiger partial charge in [-0.1, -0.05) is 71.6 Å². The average molecular weight is 393 g/mol. The summed E-state index contributed by atoms with van der Waals surface area (Å²) in [7, 11) is 0. The van der Waals surface area contributed by atoms with Gasteiger partial charge in [0, 0.05) is 19.6 Å². The van der Waals surface area contributed by atoms with Crippen molar-refractivity contribution in [1.82, 2.24) is 0 Å². The number of esters is 1. The van der Waals surface area contributed by atoms with E-state index >= 15 is 0 Å². The summed E-state index contributed by atoms with van der Waals surface area (Å²) in [6.07, 6.45) is 14.0. The summed E-state index contributed by atoms with van der Waals surface area (Å²) in [4.78, 5) is 11.4. The highest BCUT2D eigenvalue weighted by Crippen LogP contribution is 2.07. The summed E-state index contributed by atoms with van der Waals surface area (Å²) in [5, 5.41) is 15.2. The Hall–Kier alpha value is -0.650. The van der Waals surface area contributed by atoms with Crippen molar-refractivity contribution >= 4 is 5.97 Å². The van der Waals surface area contributed by atoms with Crippen LogP contribution in [-0.4, -0.2) is 49.2 Å². The van der Waals surface area contributed by atoms with Crippen molar-refractivity contribution in [3.05, 3.63) is 0 Å². The van der Waals surface area contributed by atoms with Crippen LogP contribution >= 0.6 is 0 Å². The molecular weight excluding hydrogens is 344 g/mol. The quantitative estimate of drug-likeness (QED) is 0.277. The topological polar surface area (TPSA) is 76.0 Å². The molecular formula is C22H48O5. The van der Waals surface area contributed by atoms with Crippen LogP contribution in [0.2, 0.25) is 0 Å². The average Bonchev–Trinajstić information content (AvgIpc) is 2.68. The molecule has 0 radical (unpaired) electrons. The summed E-state index contributed by atoms with van der Waals surface area (Å²) < 4.78 is 10.0. The van der Waals surface area contributed by atoms with E-state index in [4.69, 9.17) is 19.7 Å². The maximum Gasteiger partial charge on any atom is 0.305 e. The molecule has 0 unspecified atom stereocenters. The summed E-state index contributed by atoms with van der Waals surface area (Å²) >= 11 is 0. The zero-order valence-electron chi connectivity index (χ0n) is 18.6. The molecule has 0 saturated carbocycles. The van der Waals surface area contributed by atoms with Crippen LogP contribution in [0.15, 0.2) is 0 Å². The molecule has 0 bridgehead atoms. The predicted molar refractivity (Wildman–Crippen MR) is 114 cm³/mol. The van der Waals surface area contributed by atoms with Crippen LogP contribution in [0.25, 0.3) is 0 Å². The number of carbonyl (C=O) groups excluding carboxylic acids is 1. The van der Waals surface area contributed by atoms with Crippen molar-refractivity contribution in [1.29, 1.82) is 0 Å². The molecule has 2 N–H and O–H groups in total. The van der Waals surface area contributed by atoms with E-state index in [1.165, 1.54) is 57.8 Å². The van der Waals surface area contributed by atoms with Gasteiger partial charge in [-0.2, -0.15) is 0 Å². The van der Waals surface area contributed by atoms with Gasteiger partial charge in [0.1, 0.15) is 0 Å². The fourth-order valence-corrected chi connectivity index (χ4v) is 2.22. The van der Waals surface area contributed by atoms with Crippen LogP contribution in [0.4, 0.5) is 0 Å². The highest BCUT2D eigenvalue weighted by Gasteiger charge is 2.01. The number of ether oxygens (including phenoxy) is 2. The van der Waals surface area contributed by atoms with Gasteiger partial charge < -0.3 is 19.7 Å². The Morgan fingerprint density at radius 1 is 0.667 bits per heavy atom. The third-order valence-corrected chi connectivity index (χ3v) is 3.75. The molecule has 27 heavy (non-hydrogen) atoms. The molecule has 0 aliphatic heterocycles. The van der Waals surface area contributed by atoms with Crippen LogP contribution in [-0.2, 0) is 14.3 Å². The summed E-state index contributed by atoms with van der Waals surface area (Å²) in [5.41, 5.74) is 0. The Labute approximate surface area is 168 Å². The smallest absolute Gasteiger partial charge is 0.305 e. The molecule has 0 saturated heterocycles. The molecule has 0 amide bonds. The second-order valence-electron chi connectivity index (χ2n) is 6.38. The van der Waals surface area contributed by atoms with E-state index in [-0.39, 0.29) is 19.2 Å². The Kier molecular flexibility index (Phi) is 37.9. The molecule has 0 atom stereocenters. The zero-order chi connectivity index (χ0) is 21.0. The first-order valence-electron chi connectivity index (χ1n) is 11.1. The van der Waals surface area contributed by atoms with E-state index in [0.717, 1.165) is 26.1 Å². The SMILES string of the molecule is CCCCCCCCOC(=O)CCCCCCC.CCOCC.OCCO. The van der Waals surface area contributed by atoms with Crippen molar-refractivity contribution in [2.75, 3.05) is 33.0 Å². The molecule has 0 aromatic rings. The van der Waals surface area contributed by atoms with Crippen LogP contribution in [0.1, 0.15) is 105 Å². The zero-order valence-corrected chi connectivity index (χ0v) is 18.6. The molecule has 166 valence electrons. The Balaban J connectivity index is -0.000000528. The van der Waals surface area contributed by atoms with Crippen molar-refractivity contribution in [3.8, 4) is 0 Å². The number of hydrogen-bond donors (Lipinski definition) is 2. The minimum absolute atomic E-state index is 0.0000525. The largest absolute Gasteiger partial charge is 0.466 e. The van der Waals surface area contributed by atoms with Crippen LogP contribution in [0.5, 0.6) is 0 Å². The number of aliphatic hydroxyl groups excluding tert-OH is 2. The molecule has 0 spiro atoms. The second-order valence-corrected chi connectivity index (χ2v) is 6.38. The molecule has 0 fully saturated rings. The first-order chi connectivity index (χ1) is 13.1. The van der Waals surface area contributed by atoms with Gasteiger partial charge in [0.05, 0.1) is 19.8 Å². The van der Waals surface area contributed by atoms with Gasteiger partial charge in [0.25, 0.3) is 0 Å². The van der Waals surface area contributed by atoms with Gasteiger partial charge in [-0.3, -0.25) is 4.79 Å². The fraction of sp³-hybridized carbons (Fsp3) is 0.955. The summed E-state index contributed by atoms with van der Waals surface area (Å²) in [5.74, 6) is 0.0000525. The first kappa shape index (κ1) is 31.1. The lowest BCUT2D eigenvalue weighted by atomic mass is 10.1. The van der Waals surface area contributed by atoms with E-state index in [0.29, 0.717) is 13.0 Å². The number of aliphatic hydroxyl groups is 2. The first-order valence-corrected chi connectivity index (χ1v) is 11.1. The monoisotopic (exact) mass is 392 g/mol. The Morgan fingerprint density at radius 2 is 1.11 bits per heavy atom. The molecule has 0 aromatic carbocycles. The van der Waals surface area contributed by atoms with Gasteiger partial charge in [-0.05, 0) is 26.7 Å². The molecule has 0 heterocycles. The standard InChI is InChI=1S/C16H32O2.C4H10O.C2H6O2/c1-3-5-7-9-11-13-15-18-16(17)14-12-10-8-6-4-2;1-3-5-4-2;3-1-2-4/h3-15H2,1-2H3;3-4H2,1-2H3;3-4H,1-2H2. The molecule has 0 aromatic heterocycles. The molecule has 5 heteroatoms. The number of rotatable bonds is 16. The number of unbranched alkanes of at least 4 members (excludes halogenated alkanes) is 9. The lowest BCUT2D eigenvalue weighted by Crippen LogP contribution is -2.05. The van der Waals surface area contributed by atoms with E-state index in [2.05, 4.69) is 13.8 Å². The van der Waals surface area contributed by atoms with Gasteiger partial charge in [0.2, 0.25) is 0 Å². The minimum Gasteiger partial charge on any atom is -0.466 e. The fourth-order valence-electron chi connectivity index (χ4n) is 2.22. The highest BCUT2D eigenvalue weighted by molar-refractivity contribution is 5.69. The van der Waals surface area contributed by atoms with Crippen molar-refractivity contribution in [2.24, 2.45) is 0 Å². The lowest BCUT2D eigenvalue weighted by molar-refractivity contribution is -0.143. The highest BCUT2D eigenvalue weighted by atomic mass is 16.5. The lowest BCUT2D eigenvalue weighted by Gasteiger charge is -2.04. The summed E-state index contributed by atoms with van der Waals surface area (Å²) in [6, 6.07) is 0. The van der Waals surface area contributed by atoms with Crippen LogP contribution < -0.4 is 0 Å². The third kappa shape index (κ3) is 41.0. The number of carbonyl (C=O) groups is 1. The van der Waals surface area contributed by atoms with Gasteiger partial charge in [-0.25, -0.2) is 0 Å². The van der Waals surface area contributed by atoms with Gasteiger partial charge in [0.15, 0.2) is 0 Å². The normalized spacial score (nSPS) is 9.70. The van der Waals surface area contributed by atoms with E-state index in [1.807, 2.05) is 13.8 Å². The van der Waals surface area contributed by atoms with Crippen LogP contribution in [0, 0.1) is 0 Å². The molecule has 5 nitrogen and oxygen atoms in total. The van der Waals surface area contributed by atoms with E-state index in [1.54, 1.807) is 0 Å². The molecule has 0 aliphatic carbocycles. The molecule has 0 rings (SSSR count). The van der Waals surface area contributed by atoms with Gasteiger partial charge in [-0.15, -0.1) is 0 Å². The maximum absolute atomic E-state index is 11.4. The van der Waals surface area contributed by atoms with Gasteiger partial charge >= 0.3 is 5.97 Å². The third-order valence-electron chi connectivity index (χ3n) is 3.75. The Bertz CT molecular complexity index is 243. The van der Waals surface area contributed by atoms with Crippen LogP contribution in [0.3, 0.4) is 0 Å².